The largest absolute Gasteiger partial charge is 0.388 e. The van der Waals surface area contributed by atoms with E-state index in [1.54, 1.807) is 0 Å². The zero-order valence-corrected chi connectivity index (χ0v) is 10.1. The van der Waals surface area contributed by atoms with Crippen LogP contribution in [0.15, 0.2) is 40.9 Å². The Hall–Kier alpha value is -0.600. The molecule has 1 N–H and O–H groups in total. The van der Waals surface area contributed by atoms with E-state index in [4.69, 9.17) is 0 Å². The van der Waals surface area contributed by atoms with Crippen molar-refractivity contribution >= 4 is 15.9 Å². The van der Waals surface area contributed by atoms with Crippen LogP contribution in [0.25, 0.3) is 0 Å². The second-order valence-corrected chi connectivity index (χ2v) is 4.55. The van der Waals surface area contributed by atoms with Crippen molar-refractivity contribution in [3.8, 4) is 0 Å². The number of hydrogen-bond donors (Lipinski definition) is 1. The lowest BCUT2D eigenvalue weighted by molar-refractivity contribution is 0.134. The van der Waals surface area contributed by atoms with E-state index in [1.807, 2.05) is 38.1 Å². The average Bonchev–Trinajstić information content (AvgIpc) is 2.15. The second-order valence-electron chi connectivity index (χ2n) is 3.63. The van der Waals surface area contributed by atoms with E-state index in [0.717, 1.165) is 15.6 Å². The number of halogens is 1. The number of hydrogen-bond acceptors (Lipinski definition) is 1. The number of aliphatic hydroxyl groups is 1. The van der Waals surface area contributed by atoms with Crippen LogP contribution < -0.4 is 0 Å². The van der Waals surface area contributed by atoms with Crippen molar-refractivity contribution in [2.75, 3.05) is 0 Å². The number of aliphatic hydroxyl groups excluding tert-OH is 1. The maximum Gasteiger partial charge on any atom is 0.0852 e. The minimum absolute atomic E-state index is 0.0873. The molecular formula is C12H15BrO. The summed E-state index contributed by atoms with van der Waals surface area (Å²) in [5.41, 5.74) is 1.92. The van der Waals surface area contributed by atoms with Crippen LogP contribution in [-0.4, -0.2) is 5.11 Å². The first-order chi connectivity index (χ1) is 6.52. The third-order valence-electron chi connectivity index (χ3n) is 2.44. The van der Waals surface area contributed by atoms with Crippen LogP contribution in [0.2, 0.25) is 0 Å². The maximum atomic E-state index is 10.0. The Morgan fingerprint density at radius 2 is 2.14 bits per heavy atom. The van der Waals surface area contributed by atoms with Gasteiger partial charge in [0.05, 0.1) is 6.10 Å². The standard InChI is InChI=1S/C12H15BrO/c1-8(2)9(3)12(14)10-5-4-6-11(13)7-10/h4-7,9,12,14H,1H2,2-3H3/t9-,12+/m1/s1. The van der Waals surface area contributed by atoms with Crippen LogP contribution in [0.3, 0.4) is 0 Å². The lowest BCUT2D eigenvalue weighted by Gasteiger charge is -2.19. The highest BCUT2D eigenvalue weighted by atomic mass is 79.9. The molecule has 1 aromatic rings. The molecule has 1 nitrogen and oxygen atoms in total. The van der Waals surface area contributed by atoms with Gasteiger partial charge in [-0.2, -0.15) is 0 Å². The summed E-state index contributed by atoms with van der Waals surface area (Å²) in [6.45, 7) is 7.77. The fraction of sp³-hybridized carbons (Fsp3) is 0.333. The number of benzene rings is 1. The molecule has 0 radical (unpaired) electrons. The fourth-order valence-electron chi connectivity index (χ4n) is 1.25. The van der Waals surface area contributed by atoms with Gasteiger partial charge >= 0.3 is 0 Å². The molecule has 0 heterocycles. The second kappa shape index (κ2) is 4.76. The average molecular weight is 255 g/mol. The summed E-state index contributed by atoms with van der Waals surface area (Å²) in [5, 5.41) is 10.0. The number of rotatable bonds is 3. The third-order valence-corrected chi connectivity index (χ3v) is 2.93. The van der Waals surface area contributed by atoms with Gasteiger partial charge in [0.15, 0.2) is 0 Å². The quantitative estimate of drug-likeness (QED) is 0.816. The van der Waals surface area contributed by atoms with Crippen molar-refractivity contribution in [2.45, 2.75) is 20.0 Å². The normalized spacial score (nSPS) is 14.9. The molecule has 1 aromatic carbocycles. The van der Waals surface area contributed by atoms with Gasteiger partial charge in [0.25, 0.3) is 0 Å². The Morgan fingerprint density at radius 1 is 1.50 bits per heavy atom. The molecule has 76 valence electrons. The summed E-state index contributed by atoms with van der Waals surface area (Å²) >= 11 is 3.38. The van der Waals surface area contributed by atoms with Gasteiger partial charge in [-0.15, -0.1) is 0 Å². The van der Waals surface area contributed by atoms with Crippen LogP contribution in [0, 0.1) is 5.92 Å². The van der Waals surface area contributed by atoms with E-state index in [1.165, 1.54) is 0 Å². The van der Waals surface area contributed by atoms with E-state index < -0.39 is 6.10 Å². The van der Waals surface area contributed by atoms with E-state index >= 15 is 0 Å². The molecule has 0 aromatic heterocycles. The highest BCUT2D eigenvalue weighted by Crippen LogP contribution is 2.27. The molecule has 0 aliphatic carbocycles. The molecule has 0 amide bonds. The summed E-state index contributed by atoms with van der Waals surface area (Å²) in [4.78, 5) is 0. The molecule has 0 aliphatic heterocycles. The smallest absolute Gasteiger partial charge is 0.0852 e. The van der Waals surface area contributed by atoms with Gasteiger partial charge in [0.2, 0.25) is 0 Å². The van der Waals surface area contributed by atoms with Crippen molar-refractivity contribution in [3.63, 3.8) is 0 Å². The van der Waals surface area contributed by atoms with E-state index in [2.05, 4.69) is 22.5 Å². The Kier molecular flexibility index (Phi) is 3.90. The van der Waals surface area contributed by atoms with Gasteiger partial charge in [0, 0.05) is 10.4 Å². The first-order valence-electron chi connectivity index (χ1n) is 4.61. The lowest BCUT2D eigenvalue weighted by atomic mass is 9.92. The van der Waals surface area contributed by atoms with Crippen LogP contribution in [0.5, 0.6) is 0 Å². The third kappa shape index (κ3) is 2.69. The van der Waals surface area contributed by atoms with Crippen molar-refractivity contribution in [3.05, 3.63) is 46.5 Å². The Balaban J connectivity index is 2.89. The summed E-state index contributed by atoms with van der Waals surface area (Å²) in [5.74, 6) is 0.0873. The van der Waals surface area contributed by atoms with E-state index in [9.17, 15) is 5.11 Å². The molecule has 0 fully saturated rings. The monoisotopic (exact) mass is 254 g/mol. The highest BCUT2D eigenvalue weighted by Gasteiger charge is 2.16. The SMILES string of the molecule is C=C(C)[C@@H](C)[C@H](O)c1cccc(Br)c1. The molecule has 0 saturated carbocycles. The van der Waals surface area contributed by atoms with Gasteiger partial charge < -0.3 is 5.11 Å². The minimum Gasteiger partial charge on any atom is -0.388 e. The Morgan fingerprint density at radius 3 is 2.64 bits per heavy atom. The zero-order chi connectivity index (χ0) is 10.7. The molecule has 1 rings (SSSR count). The van der Waals surface area contributed by atoms with Crippen LogP contribution >= 0.6 is 15.9 Å². The molecule has 14 heavy (non-hydrogen) atoms. The molecule has 0 spiro atoms. The maximum absolute atomic E-state index is 10.0. The topological polar surface area (TPSA) is 20.2 Å². The minimum atomic E-state index is -0.468. The van der Waals surface area contributed by atoms with E-state index in [0.29, 0.717) is 0 Å². The molecule has 0 unspecified atom stereocenters. The first-order valence-corrected chi connectivity index (χ1v) is 5.40. The summed E-state index contributed by atoms with van der Waals surface area (Å²) in [6, 6.07) is 7.73. The lowest BCUT2D eigenvalue weighted by Crippen LogP contribution is -2.09. The van der Waals surface area contributed by atoms with Gasteiger partial charge in [-0.25, -0.2) is 0 Å². The zero-order valence-electron chi connectivity index (χ0n) is 8.50. The van der Waals surface area contributed by atoms with Gasteiger partial charge in [-0.05, 0) is 24.6 Å². The van der Waals surface area contributed by atoms with Crippen LogP contribution in [0.1, 0.15) is 25.5 Å². The van der Waals surface area contributed by atoms with Gasteiger partial charge in [-0.1, -0.05) is 47.1 Å². The van der Waals surface area contributed by atoms with Crippen LogP contribution in [0.4, 0.5) is 0 Å². The molecule has 2 heteroatoms. The highest BCUT2D eigenvalue weighted by molar-refractivity contribution is 9.10. The Bertz CT molecular complexity index is 333. The summed E-state index contributed by atoms with van der Waals surface area (Å²) in [6.07, 6.45) is -0.468. The molecule has 0 bridgehead atoms. The first kappa shape index (κ1) is 11.5. The van der Waals surface area contributed by atoms with Crippen molar-refractivity contribution in [1.29, 1.82) is 0 Å². The molecular weight excluding hydrogens is 240 g/mol. The van der Waals surface area contributed by atoms with Crippen molar-refractivity contribution in [2.24, 2.45) is 5.92 Å². The predicted octanol–water partition coefficient (Wildman–Crippen LogP) is 3.69. The summed E-state index contributed by atoms with van der Waals surface area (Å²) < 4.78 is 0.989. The van der Waals surface area contributed by atoms with E-state index in [-0.39, 0.29) is 5.92 Å². The Labute approximate surface area is 93.6 Å². The van der Waals surface area contributed by atoms with Crippen molar-refractivity contribution < 1.29 is 5.11 Å². The predicted molar refractivity (Wildman–Crippen MR) is 63.1 cm³/mol. The van der Waals surface area contributed by atoms with Gasteiger partial charge in [-0.3, -0.25) is 0 Å². The molecule has 0 aliphatic rings. The molecule has 2 atom stereocenters. The van der Waals surface area contributed by atoms with Crippen molar-refractivity contribution in [1.82, 2.24) is 0 Å². The summed E-state index contributed by atoms with van der Waals surface area (Å²) in [7, 11) is 0. The van der Waals surface area contributed by atoms with Crippen LogP contribution in [-0.2, 0) is 0 Å². The fourth-order valence-corrected chi connectivity index (χ4v) is 1.67. The molecule has 0 saturated heterocycles. The van der Waals surface area contributed by atoms with Gasteiger partial charge in [0.1, 0.15) is 0 Å².